The molecule has 4 heterocycles. The average molecular weight is 372 g/mol. The van der Waals surface area contributed by atoms with Crippen molar-refractivity contribution >= 4 is 17.5 Å². The summed E-state index contributed by atoms with van der Waals surface area (Å²) in [6.07, 6.45) is 0. The molecule has 1 saturated heterocycles. The van der Waals surface area contributed by atoms with Gasteiger partial charge in [0.1, 0.15) is 12.4 Å². The van der Waals surface area contributed by atoms with Crippen molar-refractivity contribution < 1.29 is 9.26 Å². The summed E-state index contributed by atoms with van der Waals surface area (Å²) in [7, 11) is 3.56. The monoisotopic (exact) mass is 372 g/mol. The number of anilines is 2. The molecular formula is C17H24N8O2. The number of nitrogens with zero attached hydrogens (tertiary/aromatic N) is 8. The van der Waals surface area contributed by atoms with E-state index in [-0.39, 0.29) is 11.5 Å². The minimum atomic E-state index is -0.124. The van der Waals surface area contributed by atoms with Crippen LogP contribution in [-0.2, 0) is 16.8 Å². The van der Waals surface area contributed by atoms with E-state index in [0.29, 0.717) is 18.4 Å². The summed E-state index contributed by atoms with van der Waals surface area (Å²) in [5, 5.41) is 17.2. The summed E-state index contributed by atoms with van der Waals surface area (Å²) in [4.78, 5) is 8.55. The van der Waals surface area contributed by atoms with Gasteiger partial charge in [0.25, 0.3) is 0 Å². The number of methoxy groups -OCH3 is 1. The van der Waals surface area contributed by atoms with Gasteiger partial charge in [-0.25, -0.2) is 0 Å². The van der Waals surface area contributed by atoms with Crippen LogP contribution in [0.5, 0.6) is 0 Å². The molecule has 0 spiro atoms. The number of hydrogen-bond acceptors (Lipinski definition) is 9. The van der Waals surface area contributed by atoms with E-state index in [0.717, 1.165) is 30.4 Å². The van der Waals surface area contributed by atoms with Gasteiger partial charge in [-0.1, -0.05) is 25.9 Å². The highest BCUT2D eigenvalue weighted by Crippen LogP contribution is 2.26. The van der Waals surface area contributed by atoms with Gasteiger partial charge in [-0.3, -0.25) is 0 Å². The van der Waals surface area contributed by atoms with Gasteiger partial charge < -0.3 is 19.1 Å². The average Bonchev–Trinajstić information content (AvgIpc) is 3.19. The first kappa shape index (κ1) is 17.7. The maximum atomic E-state index is 5.31. The van der Waals surface area contributed by atoms with Crippen LogP contribution in [0, 0.1) is 0 Å². The third-order valence-electron chi connectivity index (χ3n) is 4.69. The standard InChI is InChI=1S/C17H24N8O2/c1-17(2,3)15-20-19-13-6-7-14(21-25(13)15)24-8-11(9-24)23(4)16-18-12(10-26-5)22-27-16/h6-7,11H,8-10H2,1-5H3. The van der Waals surface area contributed by atoms with Crippen molar-refractivity contribution in [1.82, 2.24) is 30.0 Å². The van der Waals surface area contributed by atoms with Crippen LogP contribution in [0.15, 0.2) is 16.7 Å². The quantitative estimate of drug-likeness (QED) is 0.656. The number of ether oxygens (including phenoxy) is 1. The van der Waals surface area contributed by atoms with Crippen LogP contribution in [0.1, 0.15) is 32.4 Å². The fourth-order valence-corrected chi connectivity index (χ4v) is 3.03. The molecule has 1 aliphatic heterocycles. The lowest BCUT2D eigenvalue weighted by Crippen LogP contribution is -2.59. The molecule has 0 unspecified atom stereocenters. The van der Waals surface area contributed by atoms with Crippen LogP contribution in [0.3, 0.4) is 0 Å². The van der Waals surface area contributed by atoms with Gasteiger partial charge in [0, 0.05) is 32.7 Å². The summed E-state index contributed by atoms with van der Waals surface area (Å²) in [5.74, 6) is 2.30. The highest BCUT2D eigenvalue weighted by molar-refractivity contribution is 5.49. The van der Waals surface area contributed by atoms with Crippen LogP contribution in [0.25, 0.3) is 5.65 Å². The van der Waals surface area contributed by atoms with Crippen LogP contribution in [0.2, 0.25) is 0 Å². The minimum Gasteiger partial charge on any atom is -0.377 e. The first-order valence-electron chi connectivity index (χ1n) is 8.89. The van der Waals surface area contributed by atoms with Crippen molar-refractivity contribution in [2.75, 3.05) is 37.0 Å². The largest absolute Gasteiger partial charge is 0.377 e. The number of hydrogen-bond donors (Lipinski definition) is 0. The zero-order chi connectivity index (χ0) is 19.2. The lowest BCUT2D eigenvalue weighted by atomic mass is 9.96. The lowest BCUT2D eigenvalue weighted by Gasteiger charge is -2.43. The molecule has 0 amide bonds. The van der Waals surface area contributed by atoms with Gasteiger partial charge in [-0.2, -0.15) is 9.50 Å². The molecule has 10 nitrogen and oxygen atoms in total. The lowest BCUT2D eigenvalue weighted by molar-refractivity contribution is 0.174. The van der Waals surface area contributed by atoms with Crippen LogP contribution in [-0.4, -0.2) is 63.2 Å². The molecule has 3 aromatic heterocycles. The van der Waals surface area contributed by atoms with Crippen molar-refractivity contribution in [3.63, 3.8) is 0 Å². The highest BCUT2D eigenvalue weighted by Gasteiger charge is 2.34. The third-order valence-corrected chi connectivity index (χ3v) is 4.69. The normalized spacial score (nSPS) is 15.4. The Kier molecular flexibility index (Phi) is 4.22. The van der Waals surface area contributed by atoms with Crippen molar-refractivity contribution in [1.29, 1.82) is 0 Å². The molecule has 1 aliphatic rings. The van der Waals surface area contributed by atoms with Crippen molar-refractivity contribution in [2.24, 2.45) is 0 Å². The molecule has 1 fully saturated rings. The smallest absolute Gasteiger partial charge is 0.324 e. The topological polar surface area (TPSA) is 97.7 Å². The fraction of sp³-hybridized carbons (Fsp3) is 0.588. The van der Waals surface area contributed by atoms with Crippen LogP contribution < -0.4 is 9.80 Å². The van der Waals surface area contributed by atoms with Crippen molar-refractivity contribution in [2.45, 2.75) is 38.8 Å². The zero-order valence-electron chi connectivity index (χ0n) is 16.2. The molecule has 0 saturated carbocycles. The minimum absolute atomic E-state index is 0.124. The second kappa shape index (κ2) is 6.45. The molecule has 0 aliphatic carbocycles. The van der Waals surface area contributed by atoms with E-state index in [2.05, 4.69) is 46.0 Å². The molecule has 0 radical (unpaired) electrons. The van der Waals surface area contributed by atoms with E-state index in [1.165, 1.54) is 0 Å². The first-order chi connectivity index (χ1) is 12.9. The van der Waals surface area contributed by atoms with Gasteiger partial charge >= 0.3 is 6.01 Å². The maximum Gasteiger partial charge on any atom is 0.324 e. The van der Waals surface area contributed by atoms with E-state index in [1.807, 2.05) is 28.6 Å². The van der Waals surface area contributed by atoms with Gasteiger partial charge in [0.15, 0.2) is 17.3 Å². The number of rotatable bonds is 5. The predicted octanol–water partition coefficient (Wildman–Crippen LogP) is 1.28. The highest BCUT2D eigenvalue weighted by atomic mass is 16.5. The van der Waals surface area contributed by atoms with Crippen molar-refractivity contribution in [3.8, 4) is 0 Å². The Morgan fingerprint density at radius 3 is 2.74 bits per heavy atom. The van der Waals surface area contributed by atoms with Crippen LogP contribution in [0.4, 0.5) is 11.8 Å². The molecule has 27 heavy (non-hydrogen) atoms. The molecule has 0 bridgehead atoms. The van der Waals surface area contributed by atoms with E-state index in [1.54, 1.807) is 7.11 Å². The fourth-order valence-electron chi connectivity index (χ4n) is 3.03. The Balaban J connectivity index is 1.47. The molecular weight excluding hydrogens is 348 g/mol. The van der Waals surface area contributed by atoms with Gasteiger partial charge in [0.2, 0.25) is 0 Å². The maximum absolute atomic E-state index is 5.31. The predicted molar refractivity (Wildman–Crippen MR) is 98.9 cm³/mol. The first-order valence-corrected chi connectivity index (χ1v) is 8.89. The Morgan fingerprint density at radius 2 is 2.04 bits per heavy atom. The van der Waals surface area contributed by atoms with E-state index in [9.17, 15) is 0 Å². The molecule has 10 heteroatoms. The Hall–Kier alpha value is -2.75. The molecule has 0 aromatic carbocycles. The molecule has 0 N–H and O–H groups in total. The molecule has 144 valence electrons. The van der Waals surface area contributed by atoms with Crippen molar-refractivity contribution in [3.05, 3.63) is 23.8 Å². The van der Waals surface area contributed by atoms with Gasteiger partial charge in [-0.05, 0) is 12.1 Å². The summed E-state index contributed by atoms with van der Waals surface area (Å²) in [6, 6.07) is 4.72. The third kappa shape index (κ3) is 3.20. The zero-order valence-corrected chi connectivity index (χ0v) is 16.2. The summed E-state index contributed by atoms with van der Waals surface area (Å²) < 4.78 is 12.2. The Bertz CT molecular complexity index is 938. The second-order valence-corrected chi connectivity index (χ2v) is 7.83. The number of likely N-dealkylation sites (N-methyl/N-ethyl adjacent to an activating group) is 1. The molecule has 3 aromatic rings. The second-order valence-electron chi connectivity index (χ2n) is 7.83. The number of aromatic nitrogens is 6. The van der Waals surface area contributed by atoms with Crippen LogP contribution >= 0.6 is 0 Å². The van der Waals surface area contributed by atoms with Gasteiger partial charge in [-0.15, -0.1) is 15.3 Å². The van der Waals surface area contributed by atoms with E-state index >= 15 is 0 Å². The molecule has 4 rings (SSSR count). The van der Waals surface area contributed by atoms with E-state index in [4.69, 9.17) is 14.4 Å². The summed E-state index contributed by atoms with van der Waals surface area (Å²) in [5.41, 5.74) is 0.634. The van der Waals surface area contributed by atoms with Gasteiger partial charge in [0.05, 0.1) is 6.04 Å². The Morgan fingerprint density at radius 1 is 1.26 bits per heavy atom. The molecule has 0 atom stereocenters. The number of fused-ring (bicyclic) bond motifs is 1. The SMILES string of the molecule is COCc1noc(N(C)C2CN(c3ccc4nnc(C(C)(C)C)n4n3)C2)n1. The summed E-state index contributed by atoms with van der Waals surface area (Å²) >= 11 is 0. The summed E-state index contributed by atoms with van der Waals surface area (Å²) in [6.45, 7) is 8.30. The Labute approximate surface area is 157 Å². The van der Waals surface area contributed by atoms with E-state index < -0.39 is 0 Å².